The summed E-state index contributed by atoms with van der Waals surface area (Å²) in [6.45, 7) is 7.77. The fourth-order valence-corrected chi connectivity index (χ4v) is 2.66. The van der Waals surface area contributed by atoms with Crippen LogP contribution in [0, 0.1) is 13.8 Å². The molecule has 4 heteroatoms. The van der Waals surface area contributed by atoms with Crippen LogP contribution in [0.2, 0.25) is 0 Å². The van der Waals surface area contributed by atoms with E-state index < -0.39 is 0 Å². The van der Waals surface area contributed by atoms with Crippen LogP contribution >= 0.6 is 0 Å². The lowest BCUT2D eigenvalue weighted by Crippen LogP contribution is -2.45. The van der Waals surface area contributed by atoms with Gasteiger partial charge in [-0.15, -0.1) is 0 Å². The molecule has 1 unspecified atom stereocenters. The highest BCUT2D eigenvalue weighted by molar-refractivity contribution is 5.19. The van der Waals surface area contributed by atoms with Gasteiger partial charge in [-0.05, 0) is 19.4 Å². The van der Waals surface area contributed by atoms with Gasteiger partial charge in [-0.25, -0.2) is 4.98 Å². The number of rotatable bonds is 3. The monoisotopic (exact) mass is 271 g/mol. The van der Waals surface area contributed by atoms with Crippen molar-refractivity contribution in [3.8, 4) is 0 Å². The van der Waals surface area contributed by atoms with Gasteiger partial charge in [0, 0.05) is 25.7 Å². The second-order valence-electron chi connectivity index (χ2n) is 5.40. The molecule has 1 aromatic carbocycles. The van der Waals surface area contributed by atoms with Crippen LogP contribution in [-0.4, -0.2) is 29.5 Å². The van der Waals surface area contributed by atoms with Crippen molar-refractivity contribution >= 4 is 0 Å². The minimum absolute atomic E-state index is 0.391. The summed E-state index contributed by atoms with van der Waals surface area (Å²) in [5, 5.41) is 3.58. The largest absolute Gasteiger partial charge is 0.444 e. The molecule has 4 nitrogen and oxygen atoms in total. The van der Waals surface area contributed by atoms with Crippen LogP contribution in [0.5, 0.6) is 0 Å². The van der Waals surface area contributed by atoms with Crippen molar-refractivity contribution in [1.82, 2.24) is 15.2 Å². The summed E-state index contributed by atoms with van der Waals surface area (Å²) in [5.74, 6) is 1.75. The standard InChI is InChI=1S/C16H21N3O/c1-12-13(2)20-16(18-12)11-19-9-8-17-15(10-19)14-6-4-3-5-7-14/h3-7,15,17H,8-11H2,1-2H3. The van der Waals surface area contributed by atoms with Crippen LogP contribution in [0.15, 0.2) is 34.7 Å². The number of nitrogens with zero attached hydrogens (tertiary/aromatic N) is 2. The Labute approximate surface area is 119 Å². The van der Waals surface area contributed by atoms with E-state index in [4.69, 9.17) is 4.42 Å². The SMILES string of the molecule is Cc1nc(CN2CCNC(c3ccccc3)C2)oc1C. The van der Waals surface area contributed by atoms with E-state index in [0.29, 0.717) is 6.04 Å². The van der Waals surface area contributed by atoms with Crippen molar-refractivity contribution in [2.45, 2.75) is 26.4 Å². The fraction of sp³-hybridized carbons (Fsp3) is 0.438. The van der Waals surface area contributed by atoms with Crippen molar-refractivity contribution < 1.29 is 4.42 Å². The average Bonchev–Trinajstić information content (AvgIpc) is 2.78. The average molecular weight is 271 g/mol. The number of nitrogens with one attached hydrogen (secondary N) is 1. The van der Waals surface area contributed by atoms with Gasteiger partial charge in [0.05, 0.1) is 12.2 Å². The molecule has 1 N–H and O–H groups in total. The van der Waals surface area contributed by atoms with Gasteiger partial charge in [-0.1, -0.05) is 30.3 Å². The van der Waals surface area contributed by atoms with Crippen LogP contribution in [0.25, 0.3) is 0 Å². The molecule has 0 bridgehead atoms. The van der Waals surface area contributed by atoms with Crippen LogP contribution in [-0.2, 0) is 6.54 Å². The minimum Gasteiger partial charge on any atom is -0.444 e. The van der Waals surface area contributed by atoms with E-state index in [1.807, 2.05) is 13.8 Å². The highest BCUT2D eigenvalue weighted by Gasteiger charge is 2.22. The van der Waals surface area contributed by atoms with Gasteiger partial charge < -0.3 is 9.73 Å². The Bertz CT molecular complexity index is 545. The normalized spacial score (nSPS) is 20.2. The maximum Gasteiger partial charge on any atom is 0.208 e. The van der Waals surface area contributed by atoms with E-state index in [9.17, 15) is 0 Å². The maximum absolute atomic E-state index is 5.68. The van der Waals surface area contributed by atoms with Gasteiger partial charge in [0.2, 0.25) is 5.89 Å². The molecule has 3 rings (SSSR count). The van der Waals surface area contributed by atoms with Gasteiger partial charge in [0.1, 0.15) is 5.76 Å². The molecule has 2 heterocycles. The molecular weight excluding hydrogens is 250 g/mol. The first-order valence-corrected chi connectivity index (χ1v) is 7.16. The third-order valence-corrected chi connectivity index (χ3v) is 3.89. The molecule has 0 radical (unpaired) electrons. The van der Waals surface area contributed by atoms with Crippen molar-refractivity contribution in [1.29, 1.82) is 0 Å². The molecule has 1 fully saturated rings. The second-order valence-corrected chi connectivity index (χ2v) is 5.40. The Balaban J connectivity index is 1.66. The second kappa shape index (κ2) is 5.77. The van der Waals surface area contributed by atoms with Gasteiger partial charge in [-0.2, -0.15) is 0 Å². The van der Waals surface area contributed by atoms with E-state index in [1.54, 1.807) is 0 Å². The molecule has 1 aromatic heterocycles. The molecule has 0 saturated carbocycles. The summed E-state index contributed by atoms with van der Waals surface area (Å²) in [4.78, 5) is 6.88. The highest BCUT2D eigenvalue weighted by atomic mass is 16.4. The van der Waals surface area contributed by atoms with E-state index in [0.717, 1.165) is 43.5 Å². The fourth-order valence-electron chi connectivity index (χ4n) is 2.66. The lowest BCUT2D eigenvalue weighted by molar-refractivity contribution is 0.177. The third-order valence-electron chi connectivity index (χ3n) is 3.89. The number of hydrogen-bond acceptors (Lipinski definition) is 4. The Morgan fingerprint density at radius 3 is 2.80 bits per heavy atom. The Morgan fingerprint density at radius 1 is 1.30 bits per heavy atom. The number of aryl methyl sites for hydroxylation is 2. The predicted molar refractivity (Wildman–Crippen MR) is 78.4 cm³/mol. The Morgan fingerprint density at radius 2 is 2.10 bits per heavy atom. The Hall–Kier alpha value is -1.65. The molecule has 1 aliphatic rings. The Kier molecular flexibility index (Phi) is 3.85. The lowest BCUT2D eigenvalue weighted by Gasteiger charge is -2.33. The van der Waals surface area contributed by atoms with Gasteiger partial charge in [0.25, 0.3) is 0 Å². The first kappa shape index (κ1) is 13.3. The molecular formula is C16H21N3O. The molecule has 1 aliphatic heterocycles. The minimum atomic E-state index is 0.391. The lowest BCUT2D eigenvalue weighted by atomic mass is 10.0. The molecule has 20 heavy (non-hydrogen) atoms. The van der Waals surface area contributed by atoms with Crippen molar-refractivity contribution in [3.63, 3.8) is 0 Å². The molecule has 0 amide bonds. The number of hydrogen-bond donors (Lipinski definition) is 1. The molecule has 0 spiro atoms. The molecule has 1 atom stereocenters. The quantitative estimate of drug-likeness (QED) is 0.931. The van der Waals surface area contributed by atoms with Crippen LogP contribution in [0.1, 0.15) is 29.0 Å². The maximum atomic E-state index is 5.68. The smallest absolute Gasteiger partial charge is 0.208 e. The summed E-state index contributed by atoms with van der Waals surface area (Å²) in [7, 11) is 0. The number of aromatic nitrogens is 1. The summed E-state index contributed by atoms with van der Waals surface area (Å²) in [5.41, 5.74) is 2.34. The van der Waals surface area contributed by atoms with Gasteiger partial charge in [-0.3, -0.25) is 4.90 Å². The van der Waals surface area contributed by atoms with Crippen LogP contribution < -0.4 is 5.32 Å². The number of benzene rings is 1. The van der Waals surface area contributed by atoms with Gasteiger partial charge in [0.15, 0.2) is 0 Å². The molecule has 106 valence electrons. The summed E-state index contributed by atoms with van der Waals surface area (Å²) >= 11 is 0. The van der Waals surface area contributed by atoms with Crippen LogP contribution in [0.4, 0.5) is 0 Å². The summed E-state index contributed by atoms with van der Waals surface area (Å²) in [6, 6.07) is 11.0. The topological polar surface area (TPSA) is 41.3 Å². The summed E-state index contributed by atoms with van der Waals surface area (Å²) < 4.78 is 5.68. The van der Waals surface area contributed by atoms with E-state index >= 15 is 0 Å². The zero-order valence-corrected chi connectivity index (χ0v) is 12.1. The van der Waals surface area contributed by atoms with E-state index in [-0.39, 0.29) is 0 Å². The third kappa shape index (κ3) is 2.92. The first-order valence-electron chi connectivity index (χ1n) is 7.16. The molecule has 1 saturated heterocycles. The zero-order valence-electron chi connectivity index (χ0n) is 12.1. The summed E-state index contributed by atoms with van der Waals surface area (Å²) in [6.07, 6.45) is 0. The first-order chi connectivity index (χ1) is 9.72. The van der Waals surface area contributed by atoms with Crippen molar-refractivity contribution in [2.24, 2.45) is 0 Å². The van der Waals surface area contributed by atoms with Gasteiger partial charge >= 0.3 is 0 Å². The molecule has 2 aromatic rings. The number of oxazole rings is 1. The van der Waals surface area contributed by atoms with Crippen molar-refractivity contribution in [3.05, 3.63) is 53.2 Å². The molecule has 0 aliphatic carbocycles. The highest BCUT2D eigenvalue weighted by Crippen LogP contribution is 2.19. The zero-order chi connectivity index (χ0) is 13.9. The van der Waals surface area contributed by atoms with E-state index in [1.165, 1.54) is 5.56 Å². The predicted octanol–water partition coefficient (Wildman–Crippen LogP) is 2.44. The number of piperazine rings is 1. The van der Waals surface area contributed by atoms with Crippen molar-refractivity contribution in [2.75, 3.05) is 19.6 Å². The van der Waals surface area contributed by atoms with E-state index in [2.05, 4.69) is 45.5 Å². The van der Waals surface area contributed by atoms with Crippen LogP contribution in [0.3, 0.4) is 0 Å².